The van der Waals surface area contributed by atoms with Crippen molar-refractivity contribution in [3.8, 4) is 0 Å². The maximum absolute atomic E-state index is 2.46. The van der Waals surface area contributed by atoms with E-state index in [2.05, 4.69) is 27.9 Å². The van der Waals surface area contributed by atoms with E-state index < -0.39 is 0 Å². The molecule has 0 aliphatic heterocycles. The topological polar surface area (TPSA) is 4.44 Å². The summed E-state index contributed by atoms with van der Waals surface area (Å²) < 4.78 is 0. The molecular formula is C11H22N+. The number of fused-ring (bicyclic) bond motifs is 2. The largest absolute Gasteiger partial charge is 0.337 e. The smallest absolute Gasteiger partial charge is 0.0904 e. The van der Waals surface area contributed by atoms with Crippen LogP contribution in [-0.4, -0.2) is 20.1 Å². The Bertz CT molecular complexity index is 174. The predicted molar refractivity (Wildman–Crippen MR) is 51.1 cm³/mol. The van der Waals surface area contributed by atoms with Crippen molar-refractivity contribution in [3.05, 3.63) is 0 Å². The van der Waals surface area contributed by atoms with Crippen molar-refractivity contribution in [1.29, 1.82) is 0 Å². The Morgan fingerprint density at radius 1 is 1.00 bits per heavy atom. The van der Waals surface area contributed by atoms with Gasteiger partial charge in [0.25, 0.3) is 0 Å². The molecule has 2 aliphatic carbocycles. The van der Waals surface area contributed by atoms with Gasteiger partial charge >= 0.3 is 0 Å². The van der Waals surface area contributed by atoms with Crippen LogP contribution in [0.1, 0.15) is 26.7 Å². The summed E-state index contributed by atoms with van der Waals surface area (Å²) in [6.07, 6.45) is 3.02. The van der Waals surface area contributed by atoms with Crippen molar-refractivity contribution in [1.82, 2.24) is 0 Å². The third kappa shape index (κ3) is 1.02. The summed E-state index contributed by atoms with van der Waals surface area (Å²) in [6.45, 7) is 4.92. The molecule has 1 nitrogen and oxygen atoms in total. The Hall–Kier alpha value is -0.0400. The molecule has 0 amide bonds. The Morgan fingerprint density at radius 3 is 2.08 bits per heavy atom. The van der Waals surface area contributed by atoms with Crippen LogP contribution in [0.4, 0.5) is 0 Å². The van der Waals surface area contributed by atoms with Crippen LogP contribution in [0.5, 0.6) is 0 Å². The molecule has 2 saturated carbocycles. The first-order valence-corrected chi connectivity index (χ1v) is 5.41. The van der Waals surface area contributed by atoms with Crippen molar-refractivity contribution < 1.29 is 4.90 Å². The van der Waals surface area contributed by atoms with Crippen molar-refractivity contribution in [2.75, 3.05) is 14.1 Å². The van der Waals surface area contributed by atoms with Crippen LogP contribution in [0.2, 0.25) is 0 Å². The highest BCUT2D eigenvalue weighted by molar-refractivity contribution is 4.97. The van der Waals surface area contributed by atoms with Crippen LogP contribution >= 0.6 is 0 Å². The zero-order chi connectivity index (χ0) is 8.88. The molecule has 0 radical (unpaired) electrons. The molecule has 2 bridgehead atoms. The van der Waals surface area contributed by atoms with Crippen LogP contribution in [0.15, 0.2) is 0 Å². The molecule has 2 fully saturated rings. The molecule has 0 heterocycles. The summed E-state index contributed by atoms with van der Waals surface area (Å²) >= 11 is 0. The van der Waals surface area contributed by atoms with Crippen molar-refractivity contribution in [2.45, 2.75) is 32.7 Å². The molecule has 2 unspecified atom stereocenters. The van der Waals surface area contributed by atoms with Gasteiger partial charge in [0.05, 0.1) is 20.1 Å². The monoisotopic (exact) mass is 168 g/mol. The molecule has 12 heavy (non-hydrogen) atoms. The molecule has 0 spiro atoms. The van der Waals surface area contributed by atoms with Gasteiger partial charge < -0.3 is 4.90 Å². The van der Waals surface area contributed by atoms with Gasteiger partial charge in [0.1, 0.15) is 0 Å². The van der Waals surface area contributed by atoms with E-state index in [4.69, 9.17) is 0 Å². The van der Waals surface area contributed by atoms with Gasteiger partial charge in [0, 0.05) is 12.3 Å². The van der Waals surface area contributed by atoms with E-state index in [-0.39, 0.29) is 0 Å². The highest BCUT2D eigenvalue weighted by Gasteiger charge is 2.51. The van der Waals surface area contributed by atoms with Crippen molar-refractivity contribution in [2.24, 2.45) is 23.7 Å². The summed E-state index contributed by atoms with van der Waals surface area (Å²) in [5.74, 6) is 4.09. The van der Waals surface area contributed by atoms with Gasteiger partial charge in [-0.1, -0.05) is 13.8 Å². The first-order chi connectivity index (χ1) is 5.61. The van der Waals surface area contributed by atoms with Crippen LogP contribution in [0, 0.1) is 23.7 Å². The molecule has 1 N–H and O–H groups in total. The minimum absolute atomic E-state index is 0.973. The second kappa shape index (κ2) is 2.73. The molecule has 0 aromatic rings. The number of rotatable bonds is 1. The maximum Gasteiger partial charge on any atom is 0.0904 e. The van der Waals surface area contributed by atoms with E-state index in [1.165, 1.54) is 12.8 Å². The van der Waals surface area contributed by atoms with Gasteiger partial charge in [-0.25, -0.2) is 0 Å². The first kappa shape index (κ1) is 8.55. The summed E-state index contributed by atoms with van der Waals surface area (Å²) in [4.78, 5) is 1.68. The third-order valence-corrected chi connectivity index (χ3v) is 4.64. The molecule has 70 valence electrons. The van der Waals surface area contributed by atoms with Crippen LogP contribution in [0.3, 0.4) is 0 Å². The van der Waals surface area contributed by atoms with Gasteiger partial charge in [0.15, 0.2) is 0 Å². The Morgan fingerprint density at radius 2 is 1.67 bits per heavy atom. The average Bonchev–Trinajstić information content (AvgIpc) is 2.53. The normalized spacial score (nSPS) is 52.2. The number of nitrogens with one attached hydrogen (secondary N) is 1. The number of quaternary nitrogens is 1. The van der Waals surface area contributed by atoms with Gasteiger partial charge in [-0.2, -0.15) is 0 Å². The quantitative estimate of drug-likeness (QED) is 0.591. The second-order valence-corrected chi connectivity index (χ2v) is 5.30. The van der Waals surface area contributed by atoms with Gasteiger partial charge in [-0.15, -0.1) is 0 Å². The summed E-state index contributed by atoms with van der Waals surface area (Å²) in [5, 5.41) is 0. The molecule has 0 aromatic carbocycles. The van der Waals surface area contributed by atoms with E-state index in [9.17, 15) is 0 Å². The van der Waals surface area contributed by atoms with Crippen LogP contribution in [0.25, 0.3) is 0 Å². The van der Waals surface area contributed by atoms with E-state index in [1.807, 2.05) is 0 Å². The average molecular weight is 168 g/mol. The summed E-state index contributed by atoms with van der Waals surface area (Å²) in [6, 6.07) is 0.973. The fourth-order valence-corrected chi connectivity index (χ4v) is 3.60. The molecule has 2 aliphatic rings. The fourth-order valence-electron chi connectivity index (χ4n) is 3.60. The van der Waals surface area contributed by atoms with Gasteiger partial charge in [-0.3, -0.25) is 0 Å². The van der Waals surface area contributed by atoms with E-state index in [0.29, 0.717) is 0 Å². The Balaban J connectivity index is 2.10. The highest BCUT2D eigenvalue weighted by Crippen LogP contribution is 2.50. The van der Waals surface area contributed by atoms with Crippen molar-refractivity contribution in [3.63, 3.8) is 0 Å². The lowest BCUT2D eigenvalue weighted by Gasteiger charge is -2.33. The maximum atomic E-state index is 2.46. The Labute approximate surface area is 76.1 Å². The highest BCUT2D eigenvalue weighted by atomic mass is 15.1. The summed E-state index contributed by atoms with van der Waals surface area (Å²) in [7, 11) is 4.64. The standard InChI is InChI=1S/C11H21N/c1-7-8(2)10-5-9(7)6-11(10)12(3)4/h7-11H,5-6H2,1-4H3/p+1/t7-,8+,9?,10?,11-/m1/s1. The van der Waals surface area contributed by atoms with E-state index in [1.54, 1.807) is 4.90 Å². The molecule has 0 saturated heterocycles. The minimum atomic E-state index is 0.973. The SMILES string of the molecule is C[C@@H]1C2CC(C[C@H]2[NH+](C)C)[C@@H]1C. The van der Waals surface area contributed by atoms with Crippen LogP contribution in [-0.2, 0) is 0 Å². The molecular weight excluding hydrogens is 146 g/mol. The first-order valence-electron chi connectivity index (χ1n) is 5.41. The minimum Gasteiger partial charge on any atom is -0.337 e. The molecule has 0 aromatic heterocycles. The van der Waals surface area contributed by atoms with Gasteiger partial charge in [0.2, 0.25) is 0 Å². The van der Waals surface area contributed by atoms with E-state index >= 15 is 0 Å². The molecule has 5 atom stereocenters. The lowest BCUT2D eigenvalue weighted by atomic mass is 9.79. The van der Waals surface area contributed by atoms with Crippen molar-refractivity contribution >= 4 is 0 Å². The number of hydrogen-bond acceptors (Lipinski definition) is 0. The third-order valence-electron chi connectivity index (χ3n) is 4.64. The summed E-state index contributed by atoms with van der Waals surface area (Å²) in [5.41, 5.74) is 0. The Kier molecular flexibility index (Phi) is 1.95. The zero-order valence-corrected chi connectivity index (χ0v) is 8.80. The fraction of sp³-hybridized carbons (Fsp3) is 1.00. The molecule has 1 heteroatoms. The zero-order valence-electron chi connectivity index (χ0n) is 8.80. The number of hydrogen-bond donors (Lipinski definition) is 1. The van der Waals surface area contributed by atoms with Gasteiger partial charge in [-0.05, 0) is 24.2 Å². The predicted octanol–water partition coefficient (Wildman–Crippen LogP) is 0.811. The lowest BCUT2D eigenvalue weighted by Crippen LogP contribution is -3.10. The second-order valence-electron chi connectivity index (χ2n) is 5.30. The van der Waals surface area contributed by atoms with E-state index in [0.717, 1.165) is 29.7 Å². The molecule has 2 rings (SSSR count). The van der Waals surface area contributed by atoms with Crippen LogP contribution < -0.4 is 4.90 Å². The lowest BCUT2D eigenvalue weighted by molar-refractivity contribution is -0.890.